The lowest BCUT2D eigenvalue weighted by molar-refractivity contribution is 0.0484. The first-order chi connectivity index (χ1) is 5.65. The van der Waals surface area contributed by atoms with Gasteiger partial charge in [-0.15, -0.1) is 0 Å². The van der Waals surface area contributed by atoms with Crippen LogP contribution in [0.4, 0.5) is 0 Å². The number of hydrogen-bond acceptors (Lipinski definition) is 4. The summed E-state index contributed by atoms with van der Waals surface area (Å²) < 4.78 is 0. The van der Waals surface area contributed by atoms with Gasteiger partial charge in [0.15, 0.2) is 0 Å². The molecule has 1 rings (SSSR count). The molecule has 0 bridgehead atoms. The second-order valence-corrected chi connectivity index (χ2v) is 3.45. The monoisotopic (exact) mass is 175 g/mol. The Labute approximate surface area is 72.4 Å². The second-order valence-electron chi connectivity index (χ2n) is 3.45. The van der Waals surface area contributed by atoms with Gasteiger partial charge in [0.1, 0.15) is 0 Å². The Kier molecular flexibility index (Phi) is 3.46. The van der Waals surface area contributed by atoms with Crippen LogP contribution in [0.3, 0.4) is 0 Å². The van der Waals surface area contributed by atoms with Crippen molar-refractivity contribution in [1.82, 2.24) is 4.90 Å². The van der Waals surface area contributed by atoms with Crippen molar-refractivity contribution >= 4 is 0 Å². The van der Waals surface area contributed by atoms with Gasteiger partial charge in [-0.2, -0.15) is 0 Å². The van der Waals surface area contributed by atoms with Gasteiger partial charge >= 0.3 is 0 Å². The van der Waals surface area contributed by atoms with E-state index >= 15 is 0 Å². The summed E-state index contributed by atoms with van der Waals surface area (Å²) in [6, 6.07) is -0.181. The zero-order valence-corrected chi connectivity index (χ0v) is 7.35. The first-order valence-corrected chi connectivity index (χ1v) is 4.36. The van der Waals surface area contributed by atoms with Gasteiger partial charge in [-0.3, -0.25) is 4.90 Å². The molecule has 0 aliphatic carbocycles. The molecular weight excluding hydrogens is 158 g/mol. The van der Waals surface area contributed by atoms with Crippen LogP contribution in [0.15, 0.2) is 0 Å². The number of aliphatic hydroxyl groups is 3. The van der Waals surface area contributed by atoms with Crippen molar-refractivity contribution in [3.05, 3.63) is 0 Å². The van der Waals surface area contributed by atoms with Gasteiger partial charge in [0.25, 0.3) is 0 Å². The number of hydrogen-bond donors (Lipinski definition) is 3. The molecule has 0 unspecified atom stereocenters. The first-order valence-electron chi connectivity index (χ1n) is 4.36. The summed E-state index contributed by atoms with van der Waals surface area (Å²) >= 11 is 0. The Morgan fingerprint density at radius 2 is 2.25 bits per heavy atom. The van der Waals surface area contributed by atoms with E-state index in [1.165, 1.54) is 0 Å². The van der Waals surface area contributed by atoms with E-state index in [2.05, 4.69) is 0 Å². The first kappa shape index (κ1) is 9.92. The fourth-order valence-electron chi connectivity index (χ4n) is 1.70. The largest absolute Gasteiger partial charge is 0.395 e. The molecule has 3 atom stereocenters. The molecule has 1 aliphatic rings. The van der Waals surface area contributed by atoms with Gasteiger partial charge < -0.3 is 15.3 Å². The van der Waals surface area contributed by atoms with Gasteiger partial charge in [0.2, 0.25) is 0 Å². The highest BCUT2D eigenvalue weighted by Gasteiger charge is 2.32. The molecule has 0 amide bonds. The average molecular weight is 175 g/mol. The predicted molar refractivity (Wildman–Crippen MR) is 44.8 cm³/mol. The van der Waals surface area contributed by atoms with Crippen molar-refractivity contribution in [2.45, 2.75) is 31.6 Å². The van der Waals surface area contributed by atoms with Crippen molar-refractivity contribution in [3.63, 3.8) is 0 Å². The zero-order valence-electron chi connectivity index (χ0n) is 7.35. The summed E-state index contributed by atoms with van der Waals surface area (Å²) in [7, 11) is 0. The highest BCUT2D eigenvalue weighted by Crippen LogP contribution is 2.17. The maximum Gasteiger partial charge on any atom is 0.0729 e. The summed E-state index contributed by atoms with van der Waals surface area (Å²) in [4.78, 5) is 1.93. The Morgan fingerprint density at radius 1 is 1.58 bits per heavy atom. The van der Waals surface area contributed by atoms with Gasteiger partial charge in [-0.25, -0.2) is 0 Å². The molecular formula is C8H17NO3. The van der Waals surface area contributed by atoms with E-state index in [9.17, 15) is 5.11 Å². The van der Waals surface area contributed by atoms with Crippen molar-refractivity contribution in [2.24, 2.45) is 0 Å². The molecule has 0 aromatic heterocycles. The normalized spacial score (nSPS) is 34.0. The Bertz CT molecular complexity index is 140. The van der Waals surface area contributed by atoms with Crippen LogP contribution in [0.5, 0.6) is 0 Å². The predicted octanol–water partition coefficient (Wildman–Crippen LogP) is -1.21. The quantitative estimate of drug-likeness (QED) is 0.504. The molecule has 3 N–H and O–H groups in total. The molecule has 0 spiro atoms. The highest BCUT2D eigenvalue weighted by molar-refractivity contribution is 4.86. The van der Waals surface area contributed by atoms with E-state index in [0.29, 0.717) is 13.0 Å². The van der Waals surface area contributed by atoms with Crippen LogP contribution in [-0.2, 0) is 0 Å². The maximum absolute atomic E-state index is 9.39. The number of β-amino-alcohol motifs (C(OH)–C–C–N with tert-alkyl or cyclic N) is 1. The minimum absolute atomic E-state index is 0.0338. The van der Waals surface area contributed by atoms with E-state index in [-0.39, 0.29) is 12.6 Å². The molecule has 0 saturated carbocycles. The third kappa shape index (κ3) is 2.17. The third-order valence-corrected chi connectivity index (χ3v) is 2.31. The van der Waals surface area contributed by atoms with Gasteiger partial charge in [-0.1, -0.05) is 0 Å². The molecule has 0 aromatic carbocycles. The summed E-state index contributed by atoms with van der Waals surface area (Å²) in [5.74, 6) is 0. The van der Waals surface area contributed by atoms with Crippen molar-refractivity contribution in [3.8, 4) is 0 Å². The SMILES string of the molecule is C[C@@H](O)CN1CC[C@@H](O)[C@H]1CO. The molecule has 0 aromatic rings. The molecule has 1 saturated heterocycles. The van der Waals surface area contributed by atoms with E-state index in [4.69, 9.17) is 10.2 Å². The summed E-state index contributed by atoms with van der Waals surface area (Å²) in [5, 5.41) is 27.4. The minimum atomic E-state index is -0.436. The lowest BCUT2D eigenvalue weighted by Gasteiger charge is -2.25. The molecule has 72 valence electrons. The molecule has 4 heteroatoms. The Morgan fingerprint density at radius 3 is 2.75 bits per heavy atom. The topological polar surface area (TPSA) is 63.9 Å². The molecule has 1 heterocycles. The lowest BCUT2D eigenvalue weighted by atomic mass is 10.2. The van der Waals surface area contributed by atoms with Gasteiger partial charge in [0.05, 0.1) is 24.9 Å². The lowest BCUT2D eigenvalue weighted by Crippen LogP contribution is -2.41. The maximum atomic E-state index is 9.39. The minimum Gasteiger partial charge on any atom is -0.395 e. The van der Waals surface area contributed by atoms with Crippen LogP contribution in [-0.4, -0.2) is 58.2 Å². The summed E-state index contributed by atoms with van der Waals surface area (Å²) in [5.41, 5.74) is 0. The van der Waals surface area contributed by atoms with E-state index in [1.54, 1.807) is 6.92 Å². The van der Waals surface area contributed by atoms with Crippen LogP contribution in [0.25, 0.3) is 0 Å². The number of rotatable bonds is 3. The van der Waals surface area contributed by atoms with Crippen LogP contribution < -0.4 is 0 Å². The smallest absolute Gasteiger partial charge is 0.0729 e. The number of nitrogens with zero attached hydrogens (tertiary/aromatic N) is 1. The van der Waals surface area contributed by atoms with E-state index in [1.807, 2.05) is 4.90 Å². The molecule has 4 nitrogen and oxygen atoms in total. The van der Waals surface area contributed by atoms with Crippen LogP contribution in [0, 0.1) is 0 Å². The van der Waals surface area contributed by atoms with E-state index in [0.717, 1.165) is 6.54 Å². The van der Waals surface area contributed by atoms with Crippen molar-refractivity contribution in [2.75, 3.05) is 19.7 Å². The molecule has 0 radical (unpaired) electrons. The fourth-order valence-corrected chi connectivity index (χ4v) is 1.70. The van der Waals surface area contributed by atoms with Crippen LogP contribution >= 0.6 is 0 Å². The highest BCUT2D eigenvalue weighted by atomic mass is 16.3. The molecule has 1 aliphatic heterocycles. The van der Waals surface area contributed by atoms with Crippen LogP contribution in [0.2, 0.25) is 0 Å². The molecule has 12 heavy (non-hydrogen) atoms. The van der Waals surface area contributed by atoms with Crippen molar-refractivity contribution < 1.29 is 15.3 Å². The van der Waals surface area contributed by atoms with Crippen molar-refractivity contribution in [1.29, 1.82) is 0 Å². The molecule has 1 fully saturated rings. The van der Waals surface area contributed by atoms with Crippen LogP contribution in [0.1, 0.15) is 13.3 Å². The number of aliphatic hydroxyl groups excluding tert-OH is 3. The Balaban J connectivity index is 2.43. The van der Waals surface area contributed by atoms with Gasteiger partial charge in [0, 0.05) is 13.1 Å². The third-order valence-electron chi connectivity index (χ3n) is 2.31. The zero-order chi connectivity index (χ0) is 9.14. The summed E-state index contributed by atoms with van der Waals surface area (Å²) in [6.07, 6.45) is -0.143. The Hall–Kier alpha value is -0.160. The second kappa shape index (κ2) is 4.18. The van der Waals surface area contributed by atoms with Gasteiger partial charge in [-0.05, 0) is 13.3 Å². The van der Waals surface area contributed by atoms with E-state index < -0.39 is 12.2 Å². The average Bonchev–Trinajstić information content (AvgIpc) is 2.30. The standard InChI is InChI=1S/C8H17NO3/c1-6(11)4-9-3-2-8(12)7(9)5-10/h6-8,10-12H,2-5H2,1H3/t6-,7-,8-/m1/s1. The fraction of sp³-hybridized carbons (Fsp3) is 1.00. The summed E-state index contributed by atoms with van der Waals surface area (Å²) in [6.45, 7) is 2.96. The number of likely N-dealkylation sites (tertiary alicyclic amines) is 1.